The van der Waals surface area contributed by atoms with E-state index in [2.05, 4.69) is 58.7 Å². The highest BCUT2D eigenvalue weighted by Crippen LogP contribution is 2.34. The van der Waals surface area contributed by atoms with Gasteiger partial charge < -0.3 is 5.32 Å². The van der Waals surface area contributed by atoms with Crippen molar-refractivity contribution in [3.8, 4) is 0 Å². The lowest BCUT2D eigenvalue weighted by atomic mass is 9.90. The quantitative estimate of drug-likeness (QED) is 0.479. The molecule has 0 bridgehead atoms. The molecule has 0 saturated carbocycles. The zero-order chi connectivity index (χ0) is 20.9. The topological polar surface area (TPSA) is 75.5 Å². The van der Waals surface area contributed by atoms with Gasteiger partial charge in [-0.05, 0) is 17.2 Å². The molecular weight excluding hydrogens is 378 g/mol. The van der Waals surface area contributed by atoms with E-state index in [0.29, 0.717) is 12.5 Å². The highest BCUT2D eigenvalue weighted by molar-refractivity contribution is 5.98. The summed E-state index contributed by atoms with van der Waals surface area (Å²) in [5.41, 5.74) is 2.42. The minimum Gasteiger partial charge on any atom is -0.351 e. The first-order chi connectivity index (χ1) is 14.6. The van der Waals surface area contributed by atoms with Crippen LogP contribution in [-0.4, -0.2) is 35.4 Å². The van der Waals surface area contributed by atoms with Crippen LogP contribution in [-0.2, 0) is 0 Å². The van der Waals surface area contributed by atoms with Crippen molar-refractivity contribution in [1.82, 2.24) is 10.2 Å². The molecule has 3 aromatic rings. The molecule has 0 aliphatic carbocycles. The highest BCUT2D eigenvalue weighted by atomic mass is 16.6. The second-order valence-electron chi connectivity index (χ2n) is 7.53. The van der Waals surface area contributed by atoms with Crippen molar-refractivity contribution in [3.05, 3.63) is 112 Å². The predicted molar refractivity (Wildman–Crippen MR) is 115 cm³/mol. The van der Waals surface area contributed by atoms with Gasteiger partial charge in [-0.2, -0.15) is 0 Å². The Morgan fingerprint density at radius 2 is 1.47 bits per heavy atom. The summed E-state index contributed by atoms with van der Waals surface area (Å²) in [6.07, 6.45) is 0. The average Bonchev–Trinajstić information content (AvgIpc) is 2.76. The summed E-state index contributed by atoms with van der Waals surface area (Å²) in [7, 11) is 0. The Labute approximate surface area is 175 Å². The van der Waals surface area contributed by atoms with Gasteiger partial charge >= 0.3 is 0 Å². The molecule has 1 amide bonds. The first-order valence-electron chi connectivity index (χ1n) is 9.99. The number of para-hydroxylation sites is 1. The monoisotopic (exact) mass is 401 g/mol. The Balaban J connectivity index is 1.39. The number of nitrogens with one attached hydrogen (secondary N) is 1. The van der Waals surface area contributed by atoms with Gasteiger partial charge in [-0.3, -0.25) is 19.8 Å². The third kappa shape index (κ3) is 4.23. The number of nitro groups is 1. The number of rotatable bonds is 7. The molecule has 6 heteroatoms. The van der Waals surface area contributed by atoms with Gasteiger partial charge in [-0.15, -0.1) is 0 Å². The zero-order valence-corrected chi connectivity index (χ0v) is 16.5. The molecule has 3 aromatic carbocycles. The summed E-state index contributed by atoms with van der Waals surface area (Å²) >= 11 is 0. The third-order valence-electron chi connectivity index (χ3n) is 5.48. The van der Waals surface area contributed by atoms with Crippen molar-refractivity contribution in [1.29, 1.82) is 0 Å². The molecule has 1 N–H and O–H groups in total. The van der Waals surface area contributed by atoms with Gasteiger partial charge in [0.2, 0.25) is 0 Å². The van der Waals surface area contributed by atoms with Gasteiger partial charge in [0.05, 0.1) is 11.0 Å². The van der Waals surface area contributed by atoms with Gasteiger partial charge in [-0.1, -0.05) is 72.8 Å². The van der Waals surface area contributed by atoms with Crippen LogP contribution in [0.2, 0.25) is 0 Å². The van der Waals surface area contributed by atoms with Crippen LogP contribution >= 0.6 is 0 Å². The second kappa shape index (κ2) is 8.88. The Morgan fingerprint density at radius 1 is 0.933 bits per heavy atom. The Kier molecular flexibility index (Phi) is 5.86. The summed E-state index contributed by atoms with van der Waals surface area (Å²) in [6.45, 7) is 2.20. The van der Waals surface area contributed by atoms with Gasteiger partial charge in [0.25, 0.3) is 11.6 Å². The molecule has 1 saturated heterocycles. The summed E-state index contributed by atoms with van der Waals surface area (Å²) in [4.78, 5) is 25.5. The first kappa shape index (κ1) is 19.8. The third-order valence-corrected chi connectivity index (χ3v) is 5.48. The van der Waals surface area contributed by atoms with E-state index in [-0.39, 0.29) is 17.3 Å². The van der Waals surface area contributed by atoms with Crippen molar-refractivity contribution in [2.75, 3.05) is 19.6 Å². The molecule has 1 heterocycles. The highest BCUT2D eigenvalue weighted by Gasteiger charge is 2.34. The van der Waals surface area contributed by atoms with Crippen LogP contribution in [0.5, 0.6) is 0 Å². The maximum absolute atomic E-state index is 12.4. The predicted octanol–water partition coefficient (Wildman–Crippen LogP) is 4.05. The fraction of sp³-hybridized carbons (Fsp3) is 0.208. The molecular formula is C24H23N3O3. The summed E-state index contributed by atoms with van der Waals surface area (Å²) < 4.78 is 0. The van der Waals surface area contributed by atoms with Crippen molar-refractivity contribution < 1.29 is 9.72 Å². The molecule has 4 rings (SSSR count). The van der Waals surface area contributed by atoms with E-state index in [4.69, 9.17) is 0 Å². The molecule has 0 radical (unpaired) electrons. The van der Waals surface area contributed by atoms with Gasteiger partial charge in [0.1, 0.15) is 5.56 Å². The lowest BCUT2D eigenvalue weighted by molar-refractivity contribution is -0.385. The Morgan fingerprint density at radius 3 is 2.03 bits per heavy atom. The van der Waals surface area contributed by atoms with Crippen molar-refractivity contribution in [3.63, 3.8) is 0 Å². The van der Waals surface area contributed by atoms with Crippen molar-refractivity contribution in [2.24, 2.45) is 5.92 Å². The van der Waals surface area contributed by atoms with Crippen molar-refractivity contribution in [2.45, 2.75) is 6.04 Å². The molecule has 152 valence electrons. The van der Waals surface area contributed by atoms with E-state index in [1.54, 1.807) is 12.1 Å². The molecule has 1 aliphatic heterocycles. The molecule has 1 fully saturated rings. The fourth-order valence-corrected chi connectivity index (χ4v) is 3.99. The van der Waals surface area contributed by atoms with Crippen LogP contribution in [0.25, 0.3) is 0 Å². The Hall–Kier alpha value is -3.51. The van der Waals surface area contributed by atoms with Crippen LogP contribution in [0.3, 0.4) is 0 Å². The Bertz CT molecular complexity index is 979. The molecule has 0 spiro atoms. The molecule has 0 atom stereocenters. The second-order valence-corrected chi connectivity index (χ2v) is 7.53. The van der Waals surface area contributed by atoms with Gasteiger partial charge in [0.15, 0.2) is 0 Å². The number of likely N-dealkylation sites (tertiary alicyclic amines) is 1. The number of nitro benzene ring substituents is 1. The minimum absolute atomic E-state index is 0.102. The van der Waals surface area contributed by atoms with Crippen LogP contribution in [0.1, 0.15) is 27.5 Å². The normalized spacial score (nSPS) is 14.3. The summed E-state index contributed by atoms with van der Waals surface area (Å²) in [6, 6.07) is 27.0. The van der Waals surface area contributed by atoms with Gasteiger partial charge in [0, 0.05) is 31.6 Å². The smallest absolute Gasteiger partial charge is 0.282 e. The molecule has 0 unspecified atom stereocenters. The van der Waals surface area contributed by atoms with E-state index in [1.807, 2.05) is 12.1 Å². The standard InChI is InChI=1S/C24H23N3O3/c28-24(21-13-7-8-14-22(21)27(29)30)25-15-18-16-26(17-18)23(19-9-3-1-4-10-19)20-11-5-2-6-12-20/h1-14,18,23H,15-17H2,(H,25,28). The maximum Gasteiger partial charge on any atom is 0.282 e. The minimum atomic E-state index is -0.524. The van der Waals surface area contributed by atoms with E-state index in [0.717, 1.165) is 13.1 Å². The van der Waals surface area contributed by atoms with Crippen LogP contribution in [0, 0.1) is 16.0 Å². The lowest BCUT2D eigenvalue weighted by Crippen LogP contribution is -2.52. The van der Waals surface area contributed by atoms with Gasteiger partial charge in [-0.25, -0.2) is 0 Å². The average molecular weight is 401 g/mol. The SMILES string of the molecule is O=C(NCC1CN(C(c2ccccc2)c2ccccc2)C1)c1ccccc1[N+](=O)[O-]. The number of benzene rings is 3. The largest absolute Gasteiger partial charge is 0.351 e. The number of carbonyl (C=O) groups is 1. The number of amides is 1. The van der Waals surface area contributed by atoms with E-state index in [1.165, 1.54) is 23.3 Å². The lowest BCUT2D eigenvalue weighted by Gasteiger charge is -2.45. The number of carbonyl (C=O) groups excluding carboxylic acids is 1. The molecule has 6 nitrogen and oxygen atoms in total. The van der Waals surface area contributed by atoms with E-state index in [9.17, 15) is 14.9 Å². The zero-order valence-electron chi connectivity index (χ0n) is 16.5. The molecule has 0 aromatic heterocycles. The number of hydrogen-bond donors (Lipinski definition) is 1. The van der Waals surface area contributed by atoms with Crippen LogP contribution in [0.15, 0.2) is 84.9 Å². The summed E-state index contributed by atoms with van der Waals surface area (Å²) in [5.74, 6) is -0.0879. The molecule has 30 heavy (non-hydrogen) atoms. The maximum atomic E-state index is 12.4. The van der Waals surface area contributed by atoms with E-state index >= 15 is 0 Å². The number of hydrogen-bond acceptors (Lipinski definition) is 4. The summed E-state index contributed by atoms with van der Waals surface area (Å²) in [5, 5.41) is 14.0. The van der Waals surface area contributed by atoms with Crippen molar-refractivity contribution >= 4 is 11.6 Å². The van der Waals surface area contributed by atoms with Crippen LogP contribution < -0.4 is 5.32 Å². The molecule has 1 aliphatic rings. The number of nitrogens with zero attached hydrogens (tertiary/aromatic N) is 2. The first-order valence-corrected chi connectivity index (χ1v) is 9.99. The van der Waals surface area contributed by atoms with E-state index < -0.39 is 10.8 Å². The van der Waals surface area contributed by atoms with Crippen LogP contribution in [0.4, 0.5) is 5.69 Å². The fourth-order valence-electron chi connectivity index (χ4n) is 3.99.